The molecule has 222 valence electrons. The number of alkyl halides is 2. The number of phenolic OH excluding ortho intramolecular Hbond substituents is 1. The molecule has 2 aliphatic carbocycles. The molecular weight excluding hydrogens is 603 g/mol. The molecule has 10 heteroatoms. The number of halogens is 2. The molecule has 6 atom stereocenters. The number of aromatic hydroxyl groups is 1. The predicted octanol–water partition coefficient (Wildman–Crippen LogP) is 4.82. The molecule has 2 saturated heterocycles. The molecule has 4 aliphatic rings. The number of carbonyl (C=O) groups is 5. The third-order valence-corrected chi connectivity index (χ3v) is 11.1. The van der Waals surface area contributed by atoms with Gasteiger partial charge in [0.1, 0.15) is 5.75 Å². The summed E-state index contributed by atoms with van der Waals surface area (Å²) in [6.07, 6.45) is 1.99. The summed E-state index contributed by atoms with van der Waals surface area (Å²) in [4.78, 5) is 66.3. The standard InChI is InChI=1S/C34H26Cl2N2O6/c1-37-31(43)33(35)17-25-23(27(34(33,36)32(37)44)18-9-13-22(39)14-10-18)15-16-24-26(25)30(42)38(29(24)41)21-11-7-20(8-12-21)28(40)19-5-3-2-4-6-19/h2-15,24-27,39H,16-17H2,1H3/t24-,25+,26-,27-,33+,34-/m0/s1. The van der Waals surface area contributed by atoms with Gasteiger partial charge < -0.3 is 5.11 Å². The number of imide groups is 2. The van der Waals surface area contributed by atoms with E-state index in [0.29, 0.717) is 28.0 Å². The zero-order chi connectivity index (χ0) is 31.1. The monoisotopic (exact) mass is 628 g/mol. The van der Waals surface area contributed by atoms with E-state index in [1.54, 1.807) is 60.7 Å². The molecule has 3 fully saturated rings. The van der Waals surface area contributed by atoms with Crippen LogP contribution in [0, 0.1) is 17.8 Å². The van der Waals surface area contributed by atoms with Crippen LogP contribution in [-0.4, -0.2) is 56.2 Å². The van der Waals surface area contributed by atoms with Crippen LogP contribution in [0.5, 0.6) is 5.75 Å². The molecule has 0 bridgehead atoms. The second kappa shape index (κ2) is 9.87. The van der Waals surface area contributed by atoms with Crippen molar-refractivity contribution in [1.29, 1.82) is 0 Å². The number of hydrogen-bond donors (Lipinski definition) is 1. The maximum Gasteiger partial charge on any atom is 0.253 e. The van der Waals surface area contributed by atoms with Gasteiger partial charge in [-0.05, 0) is 60.7 Å². The van der Waals surface area contributed by atoms with Crippen LogP contribution in [0.25, 0.3) is 0 Å². The first-order valence-electron chi connectivity index (χ1n) is 14.3. The maximum absolute atomic E-state index is 14.2. The lowest BCUT2D eigenvalue weighted by atomic mass is 9.56. The predicted molar refractivity (Wildman–Crippen MR) is 162 cm³/mol. The van der Waals surface area contributed by atoms with E-state index in [-0.39, 0.29) is 30.3 Å². The number of ketones is 1. The molecule has 4 amide bonds. The molecule has 2 aliphatic heterocycles. The lowest BCUT2D eigenvalue weighted by Gasteiger charge is -2.50. The van der Waals surface area contributed by atoms with E-state index in [4.69, 9.17) is 23.2 Å². The Hall–Kier alpha value is -4.27. The van der Waals surface area contributed by atoms with Crippen molar-refractivity contribution in [2.45, 2.75) is 28.5 Å². The Kier molecular flexibility index (Phi) is 6.39. The van der Waals surface area contributed by atoms with Crippen LogP contribution in [0.3, 0.4) is 0 Å². The van der Waals surface area contributed by atoms with Crippen LogP contribution in [0.4, 0.5) is 5.69 Å². The summed E-state index contributed by atoms with van der Waals surface area (Å²) in [6.45, 7) is 0. The van der Waals surface area contributed by atoms with Gasteiger partial charge >= 0.3 is 0 Å². The first-order chi connectivity index (χ1) is 21.0. The van der Waals surface area contributed by atoms with Crippen LogP contribution in [-0.2, 0) is 19.2 Å². The van der Waals surface area contributed by atoms with E-state index in [1.165, 1.54) is 19.2 Å². The Morgan fingerprint density at radius 3 is 2.11 bits per heavy atom. The molecule has 1 N–H and O–H groups in total. The molecule has 8 nitrogen and oxygen atoms in total. The first-order valence-corrected chi connectivity index (χ1v) is 15.0. The zero-order valence-corrected chi connectivity index (χ0v) is 25.0. The van der Waals surface area contributed by atoms with Crippen molar-refractivity contribution < 1.29 is 29.1 Å². The van der Waals surface area contributed by atoms with E-state index in [1.807, 2.05) is 12.1 Å². The number of carbonyl (C=O) groups excluding carboxylic acids is 5. The molecule has 0 unspecified atom stereocenters. The van der Waals surface area contributed by atoms with Crippen LogP contribution in [0.1, 0.15) is 40.2 Å². The second-order valence-corrected chi connectivity index (χ2v) is 13.1. The number of likely N-dealkylation sites (tertiary alicyclic amines) is 1. The Morgan fingerprint density at radius 1 is 0.818 bits per heavy atom. The highest BCUT2D eigenvalue weighted by Crippen LogP contribution is 2.65. The topological polar surface area (TPSA) is 112 Å². The zero-order valence-electron chi connectivity index (χ0n) is 23.4. The highest BCUT2D eigenvalue weighted by atomic mass is 35.5. The van der Waals surface area contributed by atoms with Gasteiger partial charge in [-0.15, -0.1) is 23.2 Å². The summed E-state index contributed by atoms with van der Waals surface area (Å²) in [6, 6.07) is 21.3. The van der Waals surface area contributed by atoms with E-state index < -0.39 is 51.1 Å². The number of allylic oxidation sites excluding steroid dienone is 2. The summed E-state index contributed by atoms with van der Waals surface area (Å²) < 4.78 is 0. The van der Waals surface area contributed by atoms with Gasteiger partial charge in [0.2, 0.25) is 11.8 Å². The molecule has 0 spiro atoms. The largest absolute Gasteiger partial charge is 0.508 e. The van der Waals surface area contributed by atoms with Crippen molar-refractivity contribution >= 4 is 58.3 Å². The summed E-state index contributed by atoms with van der Waals surface area (Å²) in [7, 11) is 1.34. The highest BCUT2D eigenvalue weighted by Gasteiger charge is 2.75. The third-order valence-electron chi connectivity index (χ3n) is 9.66. The van der Waals surface area contributed by atoms with E-state index in [2.05, 4.69) is 0 Å². The van der Waals surface area contributed by atoms with Gasteiger partial charge in [-0.3, -0.25) is 33.8 Å². The smallest absolute Gasteiger partial charge is 0.253 e. The summed E-state index contributed by atoms with van der Waals surface area (Å²) >= 11 is 14.3. The molecule has 1 saturated carbocycles. The fourth-order valence-corrected chi connectivity index (χ4v) is 8.58. The Morgan fingerprint density at radius 2 is 1.45 bits per heavy atom. The summed E-state index contributed by atoms with van der Waals surface area (Å²) in [5.74, 6) is -5.35. The number of rotatable bonds is 4. The van der Waals surface area contributed by atoms with Crippen molar-refractivity contribution in [3.05, 3.63) is 107 Å². The Labute approximate surface area is 262 Å². The number of benzene rings is 3. The van der Waals surface area contributed by atoms with Gasteiger partial charge in [-0.2, -0.15) is 0 Å². The van der Waals surface area contributed by atoms with E-state index in [9.17, 15) is 29.1 Å². The SMILES string of the molecule is CN1C(=O)[C@]2(Cl)C[C@@H]3C(=CC[C@@H]4C(=O)N(c5ccc(C(=O)c6ccccc6)cc5)C(=O)[C@@H]43)[C@H](c3ccc(O)cc3)[C@]2(Cl)C1=O. The van der Waals surface area contributed by atoms with E-state index in [0.717, 1.165) is 9.80 Å². The normalized spacial score (nSPS) is 31.0. The van der Waals surface area contributed by atoms with Gasteiger partial charge in [0.05, 0.1) is 17.5 Å². The quantitative estimate of drug-likeness (QED) is 0.192. The number of phenols is 1. The van der Waals surface area contributed by atoms with Crippen molar-refractivity contribution in [3.63, 3.8) is 0 Å². The number of fused-ring (bicyclic) bond motifs is 4. The molecule has 0 aromatic heterocycles. The maximum atomic E-state index is 14.2. The van der Waals surface area contributed by atoms with Gasteiger partial charge in [-0.1, -0.05) is 54.1 Å². The lowest BCUT2D eigenvalue weighted by Crippen LogP contribution is -2.60. The van der Waals surface area contributed by atoms with Crippen LogP contribution in [0.15, 0.2) is 90.5 Å². The average molecular weight is 629 g/mol. The minimum atomic E-state index is -1.88. The minimum Gasteiger partial charge on any atom is -0.508 e. The van der Waals surface area contributed by atoms with Crippen LogP contribution in [0.2, 0.25) is 0 Å². The van der Waals surface area contributed by atoms with Crippen molar-refractivity contribution in [1.82, 2.24) is 4.90 Å². The molecule has 2 heterocycles. The van der Waals surface area contributed by atoms with E-state index >= 15 is 0 Å². The van der Waals surface area contributed by atoms with Crippen molar-refractivity contribution in [3.8, 4) is 5.75 Å². The van der Waals surface area contributed by atoms with Gasteiger partial charge in [0.15, 0.2) is 15.5 Å². The van der Waals surface area contributed by atoms with Crippen LogP contribution >= 0.6 is 23.2 Å². The average Bonchev–Trinajstić information content (AvgIpc) is 3.36. The second-order valence-electron chi connectivity index (χ2n) is 11.8. The van der Waals surface area contributed by atoms with Crippen molar-refractivity contribution in [2.75, 3.05) is 11.9 Å². The van der Waals surface area contributed by atoms with Gasteiger partial charge in [0.25, 0.3) is 11.8 Å². The van der Waals surface area contributed by atoms with Crippen molar-refractivity contribution in [2.24, 2.45) is 17.8 Å². The number of anilines is 1. The third kappa shape index (κ3) is 3.74. The Balaban J connectivity index is 1.27. The fourth-order valence-electron chi connectivity index (χ4n) is 7.56. The number of amides is 4. The Bertz CT molecular complexity index is 1790. The molecular formula is C34H26Cl2N2O6. The fraction of sp³-hybridized carbons (Fsp3) is 0.265. The number of hydrogen-bond acceptors (Lipinski definition) is 6. The first kappa shape index (κ1) is 28.5. The minimum absolute atomic E-state index is 0.00851. The summed E-state index contributed by atoms with van der Waals surface area (Å²) in [5.41, 5.74) is 2.51. The lowest BCUT2D eigenvalue weighted by molar-refractivity contribution is -0.138. The highest BCUT2D eigenvalue weighted by molar-refractivity contribution is 6.53. The van der Waals surface area contributed by atoms with Gasteiger partial charge in [-0.25, -0.2) is 0 Å². The number of nitrogens with zero attached hydrogens (tertiary/aromatic N) is 2. The van der Waals surface area contributed by atoms with Gasteiger partial charge in [0, 0.05) is 24.1 Å². The molecule has 7 rings (SSSR count). The molecule has 0 radical (unpaired) electrons. The summed E-state index contributed by atoms with van der Waals surface area (Å²) in [5, 5.41) is 9.95. The molecule has 3 aromatic rings. The molecule has 44 heavy (non-hydrogen) atoms. The molecule has 3 aromatic carbocycles. The van der Waals surface area contributed by atoms with Crippen LogP contribution < -0.4 is 4.90 Å².